The minimum atomic E-state index is -1.14. The van der Waals surface area contributed by atoms with Crippen LogP contribution in [0.2, 0.25) is 0 Å². The molecule has 0 bridgehead atoms. The van der Waals surface area contributed by atoms with E-state index < -0.39 is 5.97 Å². The Morgan fingerprint density at radius 3 is 1.69 bits per heavy atom. The van der Waals surface area contributed by atoms with Crippen LogP contribution >= 0.6 is 0 Å². The lowest BCUT2D eigenvalue weighted by Crippen LogP contribution is -2.09. The highest BCUT2D eigenvalue weighted by Gasteiger charge is 2.12. The molecule has 0 unspecified atom stereocenters. The van der Waals surface area contributed by atoms with Crippen molar-refractivity contribution < 1.29 is 9.90 Å². The van der Waals surface area contributed by atoms with Gasteiger partial charge >= 0.3 is 5.97 Å². The topological polar surface area (TPSA) is 64.3 Å². The van der Waals surface area contributed by atoms with Crippen LogP contribution in [0.4, 0.5) is 17.1 Å². The first-order valence-electron chi connectivity index (χ1n) is 8.04. The van der Waals surface area contributed by atoms with Crippen molar-refractivity contribution >= 4 is 28.6 Å². The molecule has 1 N–H and O–H groups in total. The standard InChI is InChI=1S/C22H16N2O2/c23-16-18(15-22(25)26)17-11-13-21(14-12-17)24(19-7-3-1-4-8-19)20-9-5-2-6-10-20/h1-15H,(H,25,26)/b18-15+. The number of hydrogen-bond donors (Lipinski definition) is 1. The monoisotopic (exact) mass is 340 g/mol. The van der Waals surface area contributed by atoms with E-state index in [0.717, 1.165) is 23.1 Å². The molecule has 3 rings (SSSR count). The minimum absolute atomic E-state index is 0.120. The average molecular weight is 340 g/mol. The zero-order valence-electron chi connectivity index (χ0n) is 13.9. The normalized spacial score (nSPS) is 10.8. The van der Waals surface area contributed by atoms with Crippen molar-refractivity contribution in [2.75, 3.05) is 4.90 Å². The molecule has 0 radical (unpaired) electrons. The molecule has 0 fully saturated rings. The predicted molar refractivity (Wildman–Crippen MR) is 102 cm³/mol. The van der Waals surface area contributed by atoms with Gasteiger partial charge in [-0.3, -0.25) is 0 Å². The third kappa shape index (κ3) is 3.80. The zero-order valence-corrected chi connectivity index (χ0v) is 13.9. The van der Waals surface area contributed by atoms with Crippen molar-refractivity contribution in [3.63, 3.8) is 0 Å². The number of benzene rings is 3. The van der Waals surface area contributed by atoms with Crippen LogP contribution < -0.4 is 4.90 Å². The minimum Gasteiger partial charge on any atom is -0.478 e. The molecule has 0 aliphatic carbocycles. The van der Waals surface area contributed by atoms with Crippen molar-refractivity contribution in [3.05, 3.63) is 96.6 Å². The van der Waals surface area contributed by atoms with Crippen molar-refractivity contribution in [3.8, 4) is 6.07 Å². The van der Waals surface area contributed by atoms with Gasteiger partial charge in [-0.2, -0.15) is 5.26 Å². The van der Waals surface area contributed by atoms with Crippen LogP contribution in [0.25, 0.3) is 5.57 Å². The quantitative estimate of drug-likeness (QED) is 0.515. The highest BCUT2D eigenvalue weighted by atomic mass is 16.4. The number of carboxylic acid groups (broad SMARTS) is 1. The molecule has 0 heterocycles. The van der Waals surface area contributed by atoms with Gasteiger partial charge < -0.3 is 10.0 Å². The van der Waals surface area contributed by atoms with E-state index in [0.29, 0.717) is 5.56 Å². The van der Waals surface area contributed by atoms with Gasteiger partial charge in [0.2, 0.25) is 0 Å². The molecule has 0 amide bonds. The van der Waals surface area contributed by atoms with Crippen LogP contribution in [-0.4, -0.2) is 11.1 Å². The highest BCUT2D eigenvalue weighted by molar-refractivity contribution is 5.94. The van der Waals surface area contributed by atoms with Crippen LogP contribution in [0.3, 0.4) is 0 Å². The summed E-state index contributed by atoms with van der Waals surface area (Å²) in [6, 6.07) is 29.1. The summed E-state index contributed by atoms with van der Waals surface area (Å²) in [5, 5.41) is 18.1. The molecule has 4 heteroatoms. The molecule has 4 nitrogen and oxygen atoms in total. The fourth-order valence-corrected chi connectivity index (χ4v) is 2.70. The molecule has 26 heavy (non-hydrogen) atoms. The Labute approximate surface area is 151 Å². The van der Waals surface area contributed by atoms with Crippen LogP contribution in [0, 0.1) is 11.3 Å². The Balaban J connectivity index is 2.04. The second-order valence-corrected chi connectivity index (χ2v) is 5.56. The number of carbonyl (C=O) groups is 1. The Morgan fingerprint density at radius 1 is 0.808 bits per heavy atom. The van der Waals surface area contributed by atoms with E-state index in [4.69, 9.17) is 5.11 Å². The van der Waals surface area contributed by atoms with Crippen LogP contribution in [0.5, 0.6) is 0 Å². The van der Waals surface area contributed by atoms with E-state index in [-0.39, 0.29) is 5.57 Å². The smallest absolute Gasteiger partial charge is 0.329 e. The number of nitrogens with zero attached hydrogens (tertiary/aromatic N) is 2. The third-order valence-corrected chi connectivity index (χ3v) is 3.85. The molecule has 0 saturated heterocycles. The fraction of sp³-hybridized carbons (Fsp3) is 0. The first-order valence-corrected chi connectivity index (χ1v) is 8.04. The first kappa shape index (κ1) is 17.0. The molecule has 3 aromatic rings. The Morgan fingerprint density at radius 2 is 1.27 bits per heavy atom. The summed E-state index contributed by atoms with van der Waals surface area (Å²) in [7, 11) is 0. The Hall–Kier alpha value is -3.84. The molecule has 0 aliphatic rings. The van der Waals surface area contributed by atoms with Crippen LogP contribution in [0.15, 0.2) is 91.0 Å². The van der Waals surface area contributed by atoms with Gasteiger partial charge in [-0.1, -0.05) is 48.5 Å². The maximum Gasteiger partial charge on any atom is 0.329 e. The molecule has 0 aromatic heterocycles. The SMILES string of the molecule is N#C/C(=C\C(=O)O)c1ccc(N(c2ccccc2)c2ccccc2)cc1. The van der Waals surface area contributed by atoms with E-state index in [1.165, 1.54) is 0 Å². The van der Waals surface area contributed by atoms with Crippen molar-refractivity contribution in [2.24, 2.45) is 0 Å². The highest BCUT2D eigenvalue weighted by Crippen LogP contribution is 2.34. The summed E-state index contributed by atoms with van der Waals surface area (Å²) in [4.78, 5) is 12.9. The molecule has 3 aromatic carbocycles. The van der Waals surface area contributed by atoms with Crippen molar-refractivity contribution in [1.82, 2.24) is 0 Å². The number of hydrogen-bond acceptors (Lipinski definition) is 3. The van der Waals surface area contributed by atoms with Gasteiger partial charge in [-0.25, -0.2) is 4.79 Å². The summed E-state index contributed by atoms with van der Waals surface area (Å²) in [6.45, 7) is 0. The first-order chi connectivity index (χ1) is 12.7. The lowest BCUT2D eigenvalue weighted by Gasteiger charge is -2.25. The number of aliphatic carboxylic acids is 1. The average Bonchev–Trinajstić information content (AvgIpc) is 2.68. The third-order valence-electron chi connectivity index (χ3n) is 3.85. The van der Waals surface area contributed by atoms with Crippen molar-refractivity contribution in [1.29, 1.82) is 5.26 Å². The summed E-state index contributed by atoms with van der Waals surface area (Å²) < 4.78 is 0. The zero-order chi connectivity index (χ0) is 18.4. The van der Waals surface area contributed by atoms with Gasteiger partial charge in [-0.15, -0.1) is 0 Å². The summed E-state index contributed by atoms with van der Waals surface area (Å²) in [6.07, 6.45) is 0.918. The Kier molecular flexibility index (Phi) is 5.11. The fourth-order valence-electron chi connectivity index (χ4n) is 2.70. The molecular formula is C22H16N2O2. The number of anilines is 3. The Bertz CT molecular complexity index is 917. The maximum absolute atomic E-state index is 10.9. The molecule has 126 valence electrons. The van der Waals surface area contributed by atoms with E-state index in [1.807, 2.05) is 78.9 Å². The number of carboxylic acids is 1. The second kappa shape index (κ2) is 7.82. The lowest BCUT2D eigenvalue weighted by molar-refractivity contribution is -0.131. The molecule has 0 spiro atoms. The number of rotatable bonds is 5. The second-order valence-electron chi connectivity index (χ2n) is 5.56. The van der Waals surface area contributed by atoms with Gasteiger partial charge in [0.15, 0.2) is 0 Å². The van der Waals surface area contributed by atoms with Crippen LogP contribution in [0.1, 0.15) is 5.56 Å². The maximum atomic E-state index is 10.9. The van der Waals surface area contributed by atoms with Crippen LogP contribution in [-0.2, 0) is 4.79 Å². The predicted octanol–water partition coefficient (Wildman–Crippen LogP) is 5.15. The van der Waals surface area contributed by atoms with E-state index in [1.54, 1.807) is 12.1 Å². The molecular weight excluding hydrogens is 324 g/mol. The van der Waals surface area contributed by atoms with Crippen molar-refractivity contribution in [2.45, 2.75) is 0 Å². The molecule has 0 saturated carbocycles. The molecule has 0 atom stereocenters. The summed E-state index contributed by atoms with van der Waals surface area (Å²) in [5.41, 5.74) is 3.62. The summed E-state index contributed by atoms with van der Waals surface area (Å²) >= 11 is 0. The van der Waals surface area contributed by atoms with Gasteiger partial charge in [0.05, 0.1) is 5.57 Å². The number of para-hydroxylation sites is 2. The number of allylic oxidation sites excluding steroid dienone is 1. The van der Waals surface area contributed by atoms with Gasteiger partial charge in [-0.05, 0) is 42.0 Å². The number of nitriles is 1. The lowest BCUT2D eigenvalue weighted by atomic mass is 10.1. The van der Waals surface area contributed by atoms with Gasteiger partial charge in [0.25, 0.3) is 0 Å². The summed E-state index contributed by atoms with van der Waals surface area (Å²) in [5.74, 6) is -1.14. The van der Waals surface area contributed by atoms with Gasteiger partial charge in [0.1, 0.15) is 6.07 Å². The largest absolute Gasteiger partial charge is 0.478 e. The van der Waals surface area contributed by atoms with Gasteiger partial charge in [0, 0.05) is 23.1 Å². The molecule has 0 aliphatic heterocycles. The van der Waals surface area contributed by atoms with E-state index in [2.05, 4.69) is 4.90 Å². The van der Waals surface area contributed by atoms with E-state index in [9.17, 15) is 10.1 Å². The van der Waals surface area contributed by atoms with E-state index >= 15 is 0 Å².